The molecule has 16 heavy (non-hydrogen) atoms. The van der Waals surface area contributed by atoms with Gasteiger partial charge < -0.3 is 5.32 Å². The van der Waals surface area contributed by atoms with Crippen molar-refractivity contribution in [2.24, 2.45) is 5.92 Å². The molecule has 0 atom stereocenters. The van der Waals surface area contributed by atoms with Gasteiger partial charge in [-0.25, -0.2) is 0 Å². The van der Waals surface area contributed by atoms with Gasteiger partial charge in [0.05, 0.1) is 0 Å². The summed E-state index contributed by atoms with van der Waals surface area (Å²) < 4.78 is 35.7. The molecular formula is C12H22F3N. The Hall–Kier alpha value is -0.250. The van der Waals surface area contributed by atoms with Crippen LogP contribution < -0.4 is 5.32 Å². The van der Waals surface area contributed by atoms with Crippen LogP contribution in [0.15, 0.2) is 0 Å². The van der Waals surface area contributed by atoms with Crippen molar-refractivity contribution in [3.05, 3.63) is 0 Å². The van der Waals surface area contributed by atoms with E-state index in [-0.39, 0.29) is 6.42 Å². The summed E-state index contributed by atoms with van der Waals surface area (Å²) in [6.07, 6.45) is 1.50. The fourth-order valence-corrected chi connectivity index (χ4v) is 2.37. The highest BCUT2D eigenvalue weighted by Crippen LogP contribution is 2.26. The van der Waals surface area contributed by atoms with Crippen LogP contribution in [0.2, 0.25) is 0 Å². The van der Waals surface area contributed by atoms with E-state index in [1.54, 1.807) is 0 Å². The van der Waals surface area contributed by atoms with Crippen LogP contribution in [0.25, 0.3) is 0 Å². The first-order chi connectivity index (χ1) is 7.51. The van der Waals surface area contributed by atoms with Gasteiger partial charge in [-0.05, 0) is 44.6 Å². The monoisotopic (exact) mass is 237 g/mol. The molecular weight excluding hydrogens is 215 g/mol. The minimum atomic E-state index is -4.00. The number of nitrogens with one attached hydrogen (secondary N) is 1. The number of hydrogen-bond donors (Lipinski definition) is 1. The molecule has 1 aliphatic carbocycles. The van der Waals surface area contributed by atoms with Crippen molar-refractivity contribution in [1.82, 2.24) is 5.32 Å². The fraction of sp³-hybridized carbons (Fsp3) is 1.00. The van der Waals surface area contributed by atoms with Crippen molar-refractivity contribution in [3.8, 4) is 0 Å². The molecule has 1 N–H and O–H groups in total. The number of hydrogen-bond acceptors (Lipinski definition) is 1. The van der Waals surface area contributed by atoms with Crippen molar-refractivity contribution in [2.45, 2.75) is 64.1 Å². The molecule has 0 aromatic rings. The predicted octanol–water partition coefficient (Wildman–Crippen LogP) is 3.89. The van der Waals surface area contributed by atoms with E-state index in [4.69, 9.17) is 0 Å². The third kappa shape index (κ3) is 5.73. The minimum Gasteiger partial charge on any atom is -0.314 e. The Kier molecular flexibility index (Phi) is 5.59. The predicted molar refractivity (Wildman–Crippen MR) is 59.3 cm³/mol. The summed E-state index contributed by atoms with van der Waals surface area (Å²) in [6.45, 7) is 2.71. The van der Waals surface area contributed by atoms with E-state index in [1.807, 2.05) is 0 Å². The van der Waals surface area contributed by atoms with Gasteiger partial charge in [-0.3, -0.25) is 0 Å². The lowest BCUT2D eigenvalue weighted by Gasteiger charge is -2.28. The van der Waals surface area contributed by atoms with Gasteiger partial charge in [-0.15, -0.1) is 0 Å². The van der Waals surface area contributed by atoms with Crippen LogP contribution in [0.3, 0.4) is 0 Å². The first kappa shape index (κ1) is 13.8. The fourth-order valence-electron chi connectivity index (χ4n) is 2.37. The molecule has 0 unspecified atom stereocenters. The SMILES string of the molecule is CCC1CCC(NCCCC(F)(F)F)CC1. The Morgan fingerprint density at radius 3 is 2.25 bits per heavy atom. The lowest BCUT2D eigenvalue weighted by molar-refractivity contribution is -0.135. The van der Waals surface area contributed by atoms with Crippen molar-refractivity contribution in [3.63, 3.8) is 0 Å². The molecule has 0 radical (unpaired) electrons. The Morgan fingerprint density at radius 1 is 1.12 bits per heavy atom. The highest BCUT2D eigenvalue weighted by atomic mass is 19.4. The molecule has 0 aromatic carbocycles. The van der Waals surface area contributed by atoms with E-state index in [2.05, 4.69) is 12.2 Å². The van der Waals surface area contributed by atoms with E-state index in [0.29, 0.717) is 12.6 Å². The molecule has 96 valence electrons. The van der Waals surface area contributed by atoms with Crippen LogP contribution >= 0.6 is 0 Å². The number of alkyl halides is 3. The molecule has 1 aliphatic rings. The Bertz CT molecular complexity index is 183. The van der Waals surface area contributed by atoms with Crippen LogP contribution in [0, 0.1) is 5.92 Å². The average molecular weight is 237 g/mol. The molecule has 1 rings (SSSR count). The maximum Gasteiger partial charge on any atom is 0.389 e. The largest absolute Gasteiger partial charge is 0.389 e. The summed E-state index contributed by atoms with van der Waals surface area (Å²) in [6, 6.07) is 0.455. The molecule has 0 aliphatic heterocycles. The molecule has 0 saturated heterocycles. The molecule has 0 spiro atoms. The first-order valence-corrected chi connectivity index (χ1v) is 6.31. The van der Waals surface area contributed by atoms with Crippen LogP contribution in [0.5, 0.6) is 0 Å². The van der Waals surface area contributed by atoms with Gasteiger partial charge in [-0.2, -0.15) is 13.2 Å². The molecule has 1 fully saturated rings. The van der Waals surface area contributed by atoms with Crippen LogP contribution in [-0.2, 0) is 0 Å². The van der Waals surface area contributed by atoms with Gasteiger partial charge in [-0.1, -0.05) is 13.3 Å². The Labute approximate surface area is 95.8 Å². The Morgan fingerprint density at radius 2 is 1.75 bits per heavy atom. The zero-order valence-corrected chi connectivity index (χ0v) is 9.95. The van der Waals surface area contributed by atoms with E-state index in [0.717, 1.165) is 18.8 Å². The molecule has 0 amide bonds. The molecule has 0 heterocycles. The van der Waals surface area contributed by atoms with Crippen LogP contribution in [-0.4, -0.2) is 18.8 Å². The Balaban J connectivity index is 2.02. The van der Waals surface area contributed by atoms with Crippen molar-refractivity contribution < 1.29 is 13.2 Å². The summed E-state index contributed by atoms with van der Waals surface area (Å²) in [5.41, 5.74) is 0. The average Bonchev–Trinajstić information content (AvgIpc) is 2.24. The van der Waals surface area contributed by atoms with Gasteiger partial charge in [0.1, 0.15) is 0 Å². The van der Waals surface area contributed by atoms with Crippen molar-refractivity contribution in [2.75, 3.05) is 6.54 Å². The molecule has 0 aromatic heterocycles. The number of rotatable bonds is 5. The minimum absolute atomic E-state index is 0.206. The van der Waals surface area contributed by atoms with Gasteiger partial charge >= 0.3 is 6.18 Å². The molecule has 0 bridgehead atoms. The molecule has 4 heteroatoms. The topological polar surface area (TPSA) is 12.0 Å². The summed E-state index contributed by atoms with van der Waals surface area (Å²) in [7, 11) is 0. The third-order valence-corrected chi connectivity index (χ3v) is 3.49. The normalized spacial score (nSPS) is 27.0. The summed E-state index contributed by atoms with van der Waals surface area (Å²) in [5, 5.41) is 3.24. The van der Waals surface area contributed by atoms with E-state index in [1.165, 1.54) is 19.3 Å². The standard InChI is InChI=1S/C12H22F3N/c1-2-10-4-6-11(7-5-10)16-9-3-8-12(13,14)15/h10-11,16H,2-9H2,1H3. The zero-order valence-electron chi connectivity index (χ0n) is 9.95. The summed E-state index contributed by atoms with van der Waals surface area (Å²) in [4.78, 5) is 0. The van der Waals surface area contributed by atoms with Gasteiger partial charge in [0.25, 0.3) is 0 Å². The zero-order chi connectivity index (χ0) is 12.0. The highest BCUT2D eigenvalue weighted by Gasteiger charge is 2.26. The maximum atomic E-state index is 11.9. The second-order valence-electron chi connectivity index (χ2n) is 4.80. The van der Waals surface area contributed by atoms with Crippen LogP contribution in [0.1, 0.15) is 51.9 Å². The van der Waals surface area contributed by atoms with Crippen LogP contribution in [0.4, 0.5) is 13.2 Å². The van der Waals surface area contributed by atoms with Crippen molar-refractivity contribution in [1.29, 1.82) is 0 Å². The van der Waals surface area contributed by atoms with Gasteiger partial charge in [0.15, 0.2) is 0 Å². The van der Waals surface area contributed by atoms with Crippen molar-refractivity contribution >= 4 is 0 Å². The maximum absolute atomic E-state index is 11.9. The molecule has 1 nitrogen and oxygen atoms in total. The number of halogens is 3. The second-order valence-corrected chi connectivity index (χ2v) is 4.80. The lowest BCUT2D eigenvalue weighted by Crippen LogP contribution is -2.34. The quantitative estimate of drug-likeness (QED) is 0.715. The highest BCUT2D eigenvalue weighted by molar-refractivity contribution is 4.76. The summed E-state index contributed by atoms with van der Waals surface area (Å²) in [5.74, 6) is 0.841. The second kappa shape index (κ2) is 6.48. The van der Waals surface area contributed by atoms with E-state index in [9.17, 15) is 13.2 Å². The van der Waals surface area contributed by atoms with Gasteiger partial charge in [0.2, 0.25) is 0 Å². The lowest BCUT2D eigenvalue weighted by atomic mass is 9.84. The van der Waals surface area contributed by atoms with Gasteiger partial charge in [0, 0.05) is 12.5 Å². The molecule has 1 saturated carbocycles. The van der Waals surface area contributed by atoms with E-state index < -0.39 is 12.6 Å². The smallest absolute Gasteiger partial charge is 0.314 e. The summed E-state index contributed by atoms with van der Waals surface area (Å²) >= 11 is 0. The van der Waals surface area contributed by atoms with E-state index >= 15 is 0 Å². The first-order valence-electron chi connectivity index (χ1n) is 6.31. The third-order valence-electron chi connectivity index (χ3n) is 3.49.